The Morgan fingerprint density at radius 2 is 1.05 bits per heavy atom. The van der Waals surface area contributed by atoms with Crippen LogP contribution in [0, 0.1) is 5.92 Å². The second-order valence-corrected chi connectivity index (χ2v) is 18.9. The maximum Gasteiger partial charge on any atom is 0.407 e. The van der Waals surface area contributed by atoms with Gasteiger partial charge in [-0.3, -0.25) is 14.4 Å². The lowest BCUT2D eigenvalue weighted by molar-refractivity contribution is -0.163. The van der Waals surface area contributed by atoms with Crippen molar-refractivity contribution in [2.45, 2.75) is 226 Å². The van der Waals surface area contributed by atoms with Gasteiger partial charge in [0, 0.05) is 33.7 Å². The lowest BCUT2D eigenvalue weighted by Crippen LogP contribution is -2.38. The average Bonchev–Trinajstić information content (AvgIpc) is 3.29. The van der Waals surface area contributed by atoms with E-state index in [-0.39, 0.29) is 61.8 Å². The van der Waals surface area contributed by atoms with Crippen LogP contribution in [0.4, 0.5) is 4.79 Å². The Morgan fingerprint density at radius 3 is 1.53 bits per heavy atom. The summed E-state index contributed by atoms with van der Waals surface area (Å²) < 4.78 is 43.2. The van der Waals surface area contributed by atoms with Gasteiger partial charge in [-0.25, -0.2) is 4.79 Å². The number of unbranched alkanes of at least 4 members (excludes halogenated alkanes) is 21. The van der Waals surface area contributed by atoms with E-state index in [4.69, 9.17) is 37.9 Å². The molecule has 0 rings (SSSR count). The summed E-state index contributed by atoms with van der Waals surface area (Å²) in [6.45, 7) is 17.2. The van der Waals surface area contributed by atoms with Crippen LogP contribution in [0.15, 0.2) is 0 Å². The highest BCUT2D eigenvalue weighted by Crippen LogP contribution is 2.18. The van der Waals surface area contributed by atoms with E-state index in [1.165, 1.54) is 116 Å². The highest BCUT2D eigenvalue weighted by molar-refractivity contribution is 5.72. The molecule has 0 saturated heterocycles. The Balaban J connectivity index is 0. The summed E-state index contributed by atoms with van der Waals surface area (Å²) in [6.07, 6.45) is 28.4. The van der Waals surface area contributed by atoms with Crippen molar-refractivity contribution in [1.29, 1.82) is 0 Å². The van der Waals surface area contributed by atoms with E-state index in [1.807, 2.05) is 34.6 Å². The number of esters is 2. The van der Waals surface area contributed by atoms with Gasteiger partial charge in [0.05, 0.1) is 56.8 Å². The number of hydrogen-bond donors (Lipinski definition) is 2. The second-order valence-electron chi connectivity index (χ2n) is 18.9. The van der Waals surface area contributed by atoms with Crippen LogP contribution in [0.1, 0.15) is 209 Å². The summed E-state index contributed by atoms with van der Waals surface area (Å²) in [5.41, 5.74) is -0.477. The first-order chi connectivity index (χ1) is 31.8. The zero-order chi connectivity index (χ0) is 49.4. The molecule has 14 heteroatoms. The third kappa shape index (κ3) is 48.0. The summed E-state index contributed by atoms with van der Waals surface area (Å²) in [5, 5.41) is 5.11. The van der Waals surface area contributed by atoms with Crippen LogP contribution in [0.2, 0.25) is 0 Å². The first-order valence-electron chi connectivity index (χ1n) is 26.0. The number of methoxy groups -OCH3 is 2. The molecule has 0 aliphatic rings. The highest BCUT2D eigenvalue weighted by atomic mass is 16.6. The molecule has 14 nitrogen and oxygen atoms in total. The Bertz CT molecular complexity index is 1110. The first kappa shape index (κ1) is 65.6. The molecule has 0 aromatic carbocycles. The molecule has 0 saturated carbocycles. The smallest absolute Gasteiger partial charge is 0.407 e. The minimum atomic E-state index is -0.884. The molecule has 0 heterocycles. The Hall–Kier alpha value is -2.52. The Labute approximate surface area is 403 Å². The molecule has 0 fully saturated rings. The van der Waals surface area contributed by atoms with E-state index < -0.39 is 12.2 Å². The predicted octanol–water partition coefficient (Wildman–Crippen LogP) is 11.2. The average molecular weight is 947 g/mol. The molecule has 2 amide bonds. The minimum Gasteiger partial charge on any atom is -0.461 e. The summed E-state index contributed by atoms with van der Waals surface area (Å²) in [7, 11) is 3.36. The Kier molecular flexibility index (Phi) is 47.2. The van der Waals surface area contributed by atoms with Crippen LogP contribution < -0.4 is 10.6 Å². The zero-order valence-electron chi connectivity index (χ0n) is 43.9. The number of amides is 2. The molecule has 0 spiro atoms. The van der Waals surface area contributed by atoms with Crippen LogP contribution in [0.25, 0.3) is 0 Å². The Morgan fingerprint density at radius 1 is 0.576 bits per heavy atom. The molecule has 2 unspecified atom stereocenters. The number of rotatable bonds is 47. The van der Waals surface area contributed by atoms with Crippen molar-refractivity contribution in [1.82, 2.24) is 10.6 Å². The number of carbonyl (C=O) groups excluding carboxylic acids is 4. The summed E-state index contributed by atoms with van der Waals surface area (Å²) in [5.74, 6) is -0.966. The molecule has 2 N–H and O–H groups in total. The van der Waals surface area contributed by atoms with Crippen LogP contribution in [0.5, 0.6) is 0 Å². The number of alkyl carbamates (subject to hydrolysis) is 1. The number of ether oxygens (including phenoxy) is 8. The van der Waals surface area contributed by atoms with Crippen molar-refractivity contribution >= 4 is 24.4 Å². The fourth-order valence-corrected chi connectivity index (χ4v) is 6.80. The van der Waals surface area contributed by atoms with Gasteiger partial charge in [-0.1, -0.05) is 162 Å². The van der Waals surface area contributed by atoms with Crippen LogP contribution >= 0.6 is 0 Å². The SMILES string of the molecule is CCCCCCCCCCCCCCC(=O)OC(COC(=O)NCCOCCOCCNC=O)COC(=O)C(C)CCCCCCCCCCCCC.COCC(C)(C)OCC(C)(C)OC. The largest absolute Gasteiger partial charge is 0.461 e. The van der Waals surface area contributed by atoms with Crippen molar-refractivity contribution in [2.75, 3.05) is 80.2 Å². The molecular formula is C52H102N2O12. The standard InChI is InChI=1S/C42H80N2O9.C10H22O3/c1-4-6-8-10-12-14-16-18-20-22-24-26-28-40(46)53-39(36-52-42(48)44-30-32-50-34-33-49-31-29-43-37-45)35-51-41(47)38(3)27-25-23-21-19-17-15-13-11-9-7-5-2;1-9(2,12-6)8-13-10(3,4)7-11-5/h37-39H,4-36H2,1-3H3,(H,43,45)(H,44,48);7-8H2,1-6H3. The minimum absolute atomic E-state index is 0.162. The maximum absolute atomic E-state index is 12.8. The molecule has 0 aromatic rings. The van der Waals surface area contributed by atoms with Crippen LogP contribution in [-0.2, 0) is 52.3 Å². The second kappa shape index (κ2) is 47.5. The summed E-state index contributed by atoms with van der Waals surface area (Å²) in [6, 6.07) is 0. The normalized spacial score (nSPS) is 12.4. The molecule has 0 bridgehead atoms. The summed E-state index contributed by atoms with van der Waals surface area (Å²) in [4.78, 5) is 48.0. The van der Waals surface area contributed by atoms with Gasteiger partial charge in [-0.15, -0.1) is 0 Å². The molecule has 2 atom stereocenters. The van der Waals surface area contributed by atoms with Gasteiger partial charge in [0.15, 0.2) is 6.10 Å². The fraction of sp³-hybridized carbons (Fsp3) is 0.923. The van der Waals surface area contributed by atoms with Gasteiger partial charge in [-0.05, 0) is 40.5 Å². The lowest BCUT2D eigenvalue weighted by atomic mass is 10.0. The third-order valence-corrected chi connectivity index (χ3v) is 11.2. The topological polar surface area (TPSA) is 166 Å². The molecule has 0 aromatic heterocycles. The predicted molar refractivity (Wildman–Crippen MR) is 265 cm³/mol. The van der Waals surface area contributed by atoms with E-state index in [1.54, 1.807) is 14.2 Å². The first-order valence-corrected chi connectivity index (χ1v) is 26.0. The van der Waals surface area contributed by atoms with E-state index in [2.05, 4.69) is 24.5 Å². The van der Waals surface area contributed by atoms with E-state index in [0.717, 1.165) is 38.5 Å². The van der Waals surface area contributed by atoms with Gasteiger partial charge in [-0.2, -0.15) is 0 Å². The van der Waals surface area contributed by atoms with Crippen molar-refractivity contribution in [3.05, 3.63) is 0 Å². The fourth-order valence-electron chi connectivity index (χ4n) is 6.80. The zero-order valence-corrected chi connectivity index (χ0v) is 43.9. The molecule has 0 aliphatic carbocycles. The van der Waals surface area contributed by atoms with Gasteiger partial charge < -0.3 is 48.5 Å². The lowest BCUT2D eigenvalue weighted by Gasteiger charge is -2.30. The van der Waals surface area contributed by atoms with E-state index in [9.17, 15) is 19.2 Å². The van der Waals surface area contributed by atoms with E-state index >= 15 is 0 Å². The number of hydrogen-bond acceptors (Lipinski definition) is 12. The number of nitrogens with one attached hydrogen (secondary N) is 2. The quantitative estimate of drug-likeness (QED) is 0.0257. The van der Waals surface area contributed by atoms with Crippen molar-refractivity contribution in [3.63, 3.8) is 0 Å². The van der Waals surface area contributed by atoms with Gasteiger partial charge in [0.25, 0.3) is 0 Å². The monoisotopic (exact) mass is 947 g/mol. The van der Waals surface area contributed by atoms with Crippen molar-refractivity contribution in [3.8, 4) is 0 Å². The van der Waals surface area contributed by atoms with Crippen molar-refractivity contribution in [2.24, 2.45) is 5.92 Å². The molecule has 66 heavy (non-hydrogen) atoms. The molecule has 392 valence electrons. The summed E-state index contributed by atoms with van der Waals surface area (Å²) >= 11 is 0. The molecular weight excluding hydrogens is 845 g/mol. The molecule has 0 radical (unpaired) electrons. The van der Waals surface area contributed by atoms with Gasteiger partial charge >= 0.3 is 18.0 Å². The van der Waals surface area contributed by atoms with Crippen LogP contribution in [-0.4, -0.2) is 122 Å². The third-order valence-electron chi connectivity index (χ3n) is 11.2. The van der Waals surface area contributed by atoms with Crippen LogP contribution in [0.3, 0.4) is 0 Å². The number of carbonyl (C=O) groups is 4. The highest BCUT2D eigenvalue weighted by Gasteiger charge is 2.25. The van der Waals surface area contributed by atoms with Crippen molar-refractivity contribution < 1.29 is 57.1 Å². The van der Waals surface area contributed by atoms with Gasteiger partial charge in [0.2, 0.25) is 6.41 Å². The van der Waals surface area contributed by atoms with Gasteiger partial charge in [0.1, 0.15) is 13.2 Å². The maximum atomic E-state index is 12.8. The van der Waals surface area contributed by atoms with E-state index in [0.29, 0.717) is 46.0 Å². The molecule has 0 aliphatic heterocycles.